The van der Waals surface area contributed by atoms with Crippen molar-refractivity contribution in [3.63, 3.8) is 0 Å². The van der Waals surface area contributed by atoms with Crippen molar-refractivity contribution in [1.29, 1.82) is 0 Å². The normalized spacial score (nSPS) is 18.6. The molecule has 2 nitrogen and oxygen atoms in total. The molecule has 0 spiro atoms. The number of nitrogens with zero attached hydrogens (tertiary/aromatic N) is 2. The van der Waals surface area contributed by atoms with E-state index in [0.717, 1.165) is 0 Å². The van der Waals surface area contributed by atoms with Crippen LogP contribution < -0.4 is 0 Å². The molecule has 0 aromatic rings. The summed E-state index contributed by atoms with van der Waals surface area (Å²) in [5, 5.41) is 0. The van der Waals surface area contributed by atoms with Gasteiger partial charge in [-0.2, -0.15) is 0 Å². The van der Waals surface area contributed by atoms with Gasteiger partial charge in [0.05, 0.1) is 0 Å². The Balaban J connectivity index is 2.89. The standard InChI is InChI=1S/C14H31BN2SSeSi/c1-10-12-13(11-2)19-17(15(12)6)18-16(14(3,4)5)20(7,8)9/h10-11H2,1-9H3. The Bertz CT molecular complexity index is 362. The van der Waals surface area contributed by atoms with Crippen molar-refractivity contribution in [3.05, 3.63) is 9.94 Å². The fraction of sp³-hybridized carbons (Fsp3) is 0.857. The zero-order valence-corrected chi connectivity index (χ0v) is 18.2. The van der Waals surface area contributed by atoms with Crippen molar-refractivity contribution in [2.45, 2.75) is 79.5 Å². The van der Waals surface area contributed by atoms with E-state index in [1.807, 2.05) is 12.1 Å². The molecule has 1 aliphatic heterocycles. The molecule has 20 heavy (non-hydrogen) atoms. The Morgan fingerprint density at radius 2 is 1.75 bits per heavy atom. The minimum atomic E-state index is -1.34. The number of hydrogen-bond acceptors (Lipinski definition) is 3. The summed E-state index contributed by atoms with van der Waals surface area (Å²) in [5.41, 5.74) is 1.93. The average Bonchev–Trinajstić information content (AvgIpc) is 2.59. The van der Waals surface area contributed by atoms with E-state index < -0.39 is 8.24 Å². The van der Waals surface area contributed by atoms with Crippen molar-refractivity contribution < 1.29 is 0 Å². The summed E-state index contributed by atoms with van der Waals surface area (Å²) in [7, 11) is -1.34. The monoisotopic (exact) mass is 378 g/mol. The molecule has 6 heteroatoms. The third-order valence-corrected chi connectivity index (χ3v) is 11.9. The molecule has 0 radical (unpaired) electrons. The number of allylic oxidation sites excluding steroid dienone is 2. The van der Waals surface area contributed by atoms with Crippen LogP contribution in [0, 0.1) is 0 Å². The molecule has 0 saturated carbocycles. The molecular weight excluding hydrogens is 346 g/mol. The number of rotatable bonds is 5. The van der Waals surface area contributed by atoms with Gasteiger partial charge in [0.2, 0.25) is 0 Å². The topological polar surface area (TPSA) is 6.48 Å². The van der Waals surface area contributed by atoms with Crippen LogP contribution in [-0.4, -0.2) is 43.0 Å². The molecule has 0 aromatic carbocycles. The molecule has 0 saturated heterocycles. The zero-order chi connectivity index (χ0) is 15.7. The van der Waals surface area contributed by atoms with Crippen LogP contribution in [0.25, 0.3) is 0 Å². The molecule has 1 heterocycles. The van der Waals surface area contributed by atoms with Gasteiger partial charge in [-0.1, -0.05) is 0 Å². The van der Waals surface area contributed by atoms with Crippen molar-refractivity contribution in [3.8, 4) is 0 Å². The van der Waals surface area contributed by atoms with Gasteiger partial charge in [-0.3, -0.25) is 0 Å². The van der Waals surface area contributed by atoms with Crippen LogP contribution in [0.5, 0.6) is 0 Å². The molecule has 0 fully saturated rings. The molecule has 1 rings (SSSR count). The van der Waals surface area contributed by atoms with E-state index in [1.165, 1.54) is 12.8 Å². The van der Waals surface area contributed by atoms with E-state index in [1.54, 1.807) is 9.94 Å². The van der Waals surface area contributed by atoms with Gasteiger partial charge in [0.1, 0.15) is 0 Å². The van der Waals surface area contributed by atoms with Crippen LogP contribution in [0.4, 0.5) is 0 Å². The molecule has 1 aliphatic rings. The summed E-state index contributed by atoms with van der Waals surface area (Å²) in [6.45, 7) is 22.0. The first kappa shape index (κ1) is 18.9. The Labute approximate surface area is 139 Å². The van der Waals surface area contributed by atoms with E-state index in [0.29, 0.717) is 22.0 Å². The van der Waals surface area contributed by atoms with Crippen LogP contribution >= 0.6 is 12.1 Å². The van der Waals surface area contributed by atoms with Crippen LogP contribution in [0.15, 0.2) is 9.94 Å². The molecule has 0 bridgehead atoms. The predicted molar refractivity (Wildman–Crippen MR) is 99.3 cm³/mol. The van der Waals surface area contributed by atoms with E-state index in [4.69, 9.17) is 0 Å². The van der Waals surface area contributed by atoms with Crippen molar-refractivity contribution in [2.75, 3.05) is 0 Å². The third-order valence-electron chi connectivity index (χ3n) is 3.46. The average molecular weight is 377 g/mol. The fourth-order valence-corrected chi connectivity index (χ4v) is 10.5. The van der Waals surface area contributed by atoms with Crippen molar-refractivity contribution in [1.82, 2.24) is 7.20 Å². The third kappa shape index (κ3) is 4.40. The summed E-state index contributed by atoms with van der Waals surface area (Å²) in [4.78, 5) is 0. The minimum absolute atomic E-state index is 0.228. The first-order chi connectivity index (χ1) is 9.02. The second kappa shape index (κ2) is 6.93. The first-order valence-corrected chi connectivity index (χ1v) is 13.5. The van der Waals surface area contributed by atoms with Gasteiger partial charge in [0, 0.05) is 0 Å². The SMILES string of the molecule is CCC1=C(CC)B(C)N(SN(C(C)(C)C)[Si](C)(C)C)[Se]1. The van der Waals surface area contributed by atoms with Gasteiger partial charge in [-0.05, 0) is 0 Å². The zero-order valence-electron chi connectivity index (χ0n) is 14.7. The molecule has 0 amide bonds. The van der Waals surface area contributed by atoms with Crippen molar-refractivity contribution >= 4 is 42.4 Å². The van der Waals surface area contributed by atoms with Gasteiger partial charge in [0.25, 0.3) is 0 Å². The van der Waals surface area contributed by atoms with Crippen LogP contribution in [0.3, 0.4) is 0 Å². The fourth-order valence-electron chi connectivity index (χ4n) is 2.81. The van der Waals surface area contributed by atoms with Gasteiger partial charge >= 0.3 is 139 Å². The molecule has 0 atom stereocenters. The van der Waals surface area contributed by atoms with Crippen LogP contribution in [-0.2, 0) is 0 Å². The summed E-state index contributed by atoms with van der Waals surface area (Å²) in [6, 6.07) is 0. The quantitative estimate of drug-likeness (QED) is 0.509. The van der Waals surface area contributed by atoms with Gasteiger partial charge in [-0.25, -0.2) is 0 Å². The van der Waals surface area contributed by atoms with Crippen molar-refractivity contribution in [2.24, 2.45) is 0 Å². The van der Waals surface area contributed by atoms with E-state index >= 15 is 0 Å². The maximum atomic E-state index is 2.70. The van der Waals surface area contributed by atoms with Gasteiger partial charge in [0.15, 0.2) is 0 Å². The Hall–Kier alpha value is 0.811. The number of hydrogen-bond donors (Lipinski definition) is 0. The van der Waals surface area contributed by atoms with Gasteiger partial charge in [-0.15, -0.1) is 0 Å². The summed E-state index contributed by atoms with van der Waals surface area (Å²) in [5.74, 6) is 0. The predicted octanol–water partition coefficient (Wildman–Crippen LogP) is 4.65. The molecular formula is C14H31BN2SSeSi. The van der Waals surface area contributed by atoms with Crippen LogP contribution in [0.2, 0.25) is 26.5 Å². The Morgan fingerprint density at radius 3 is 2.05 bits per heavy atom. The molecule has 116 valence electrons. The van der Waals surface area contributed by atoms with E-state index in [9.17, 15) is 0 Å². The summed E-state index contributed by atoms with van der Waals surface area (Å²) >= 11 is 2.55. The molecule has 0 unspecified atom stereocenters. The maximum absolute atomic E-state index is 2.70. The van der Waals surface area contributed by atoms with Gasteiger partial charge < -0.3 is 0 Å². The Morgan fingerprint density at radius 1 is 1.20 bits per heavy atom. The molecule has 0 aromatic heterocycles. The van der Waals surface area contributed by atoms with E-state index in [-0.39, 0.29) is 5.54 Å². The second-order valence-electron chi connectivity index (χ2n) is 7.43. The first-order valence-electron chi connectivity index (χ1n) is 7.69. The second-order valence-corrected chi connectivity index (χ2v) is 16.2. The van der Waals surface area contributed by atoms with Crippen LogP contribution in [0.1, 0.15) is 47.5 Å². The summed E-state index contributed by atoms with van der Waals surface area (Å²) in [6.07, 6.45) is 2.44. The molecule has 0 N–H and O–H groups in total. The summed E-state index contributed by atoms with van der Waals surface area (Å²) < 4.78 is 7.09. The van der Waals surface area contributed by atoms with E-state index in [2.05, 4.69) is 68.3 Å². The molecule has 0 aliphatic carbocycles. The Kier molecular flexibility index (Phi) is 6.53.